The van der Waals surface area contributed by atoms with Crippen molar-refractivity contribution in [1.29, 1.82) is 0 Å². The monoisotopic (exact) mass is 744 g/mol. The molecule has 2 saturated carbocycles. The van der Waals surface area contributed by atoms with E-state index in [2.05, 4.69) is 5.32 Å². The van der Waals surface area contributed by atoms with Crippen LogP contribution in [0.15, 0.2) is 0 Å². The maximum absolute atomic E-state index is 13.8. The summed E-state index contributed by atoms with van der Waals surface area (Å²) in [4.78, 5) is 41.1. The van der Waals surface area contributed by atoms with Gasteiger partial charge in [-0.3, -0.25) is 14.4 Å². The maximum atomic E-state index is 13.8. The van der Waals surface area contributed by atoms with E-state index in [1.54, 1.807) is 4.90 Å². The second-order valence-electron chi connectivity index (χ2n) is 15.3. The van der Waals surface area contributed by atoms with Crippen molar-refractivity contribution in [3.05, 3.63) is 0 Å². The molecule has 16 nitrogen and oxygen atoms in total. The van der Waals surface area contributed by atoms with Gasteiger partial charge in [-0.2, -0.15) is 0 Å². The van der Waals surface area contributed by atoms with Crippen LogP contribution in [-0.4, -0.2) is 155 Å². The second kappa shape index (κ2) is 18.6. The molecule has 3 aliphatic heterocycles. The van der Waals surface area contributed by atoms with Gasteiger partial charge in [-0.15, -0.1) is 0 Å². The molecular weight excluding hydrogens is 684 g/mol. The molecule has 5 fully saturated rings. The van der Waals surface area contributed by atoms with E-state index in [-0.39, 0.29) is 24.2 Å². The van der Waals surface area contributed by atoms with Crippen LogP contribution in [-0.2, 0) is 42.8 Å². The van der Waals surface area contributed by atoms with Crippen LogP contribution in [0.5, 0.6) is 0 Å². The zero-order valence-electron chi connectivity index (χ0n) is 30.8. The minimum atomic E-state index is -1.60. The van der Waals surface area contributed by atoms with E-state index < -0.39 is 104 Å². The molecule has 11 unspecified atom stereocenters. The zero-order chi connectivity index (χ0) is 37.7. The number of hydrogen-bond acceptors (Lipinski definition) is 14. The molecule has 15 atom stereocenters. The summed E-state index contributed by atoms with van der Waals surface area (Å²) in [5.41, 5.74) is 0. The van der Waals surface area contributed by atoms with E-state index in [1.807, 2.05) is 6.92 Å². The first-order valence-corrected chi connectivity index (χ1v) is 19.1. The number of hydrogen-bond donors (Lipinski definition) is 6. The molecule has 2 amide bonds. The van der Waals surface area contributed by atoms with Crippen molar-refractivity contribution in [1.82, 2.24) is 10.2 Å². The lowest BCUT2D eigenvalue weighted by atomic mass is 9.76. The van der Waals surface area contributed by atoms with Gasteiger partial charge in [0.2, 0.25) is 5.91 Å². The minimum Gasteiger partial charge on any atom is -0.469 e. The molecule has 5 rings (SSSR count). The number of likely N-dealkylation sites (tertiary alicyclic amines) is 1. The first-order valence-electron chi connectivity index (χ1n) is 19.1. The molecule has 52 heavy (non-hydrogen) atoms. The number of carbonyl (C=O) groups is 3. The first-order chi connectivity index (χ1) is 24.9. The molecule has 298 valence electrons. The van der Waals surface area contributed by atoms with Crippen molar-refractivity contribution < 1.29 is 68.3 Å². The second-order valence-corrected chi connectivity index (χ2v) is 15.3. The molecule has 3 heterocycles. The third-order valence-corrected chi connectivity index (χ3v) is 11.7. The van der Waals surface area contributed by atoms with Crippen LogP contribution in [0.1, 0.15) is 85.0 Å². The van der Waals surface area contributed by atoms with Gasteiger partial charge in [0.05, 0.1) is 37.9 Å². The van der Waals surface area contributed by atoms with Gasteiger partial charge in [0.25, 0.3) is 5.91 Å². The molecule has 0 aromatic carbocycles. The standard InChI is InChI=1S/C36H60N2O14/c1-5-21-15-22(34(46)47-4)16-23(31(21)52-36-30(44)29(43)27(41)18(2)48-36)50-35-26(37-19(3)40)32(28(42)25(17-39)51-35)49-24(33(45)38-12-9-13-38)14-20-10-7-6-8-11-20/h18,20-32,35-36,39,41-44H,5-17H2,1-4H3,(H,37,40)/t18?,21-,22?,23?,24+,25+,26?,27?,28?,29?,30?,31?,32?,35-,36?/m1/s1. The number of carbonyl (C=O) groups excluding carboxylic acids is 3. The molecule has 0 radical (unpaired) electrons. The number of aliphatic hydroxyl groups is 5. The van der Waals surface area contributed by atoms with E-state index in [9.17, 15) is 39.9 Å². The Morgan fingerprint density at radius 2 is 1.60 bits per heavy atom. The maximum Gasteiger partial charge on any atom is 0.308 e. The lowest BCUT2D eigenvalue weighted by Gasteiger charge is -2.49. The van der Waals surface area contributed by atoms with Crippen LogP contribution < -0.4 is 5.32 Å². The van der Waals surface area contributed by atoms with Crippen LogP contribution in [0.25, 0.3) is 0 Å². The first kappa shape index (κ1) is 41.2. The molecule has 3 saturated heterocycles. The largest absolute Gasteiger partial charge is 0.469 e. The highest BCUT2D eigenvalue weighted by molar-refractivity contribution is 5.81. The summed E-state index contributed by atoms with van der Waals surface area (Å²) in [7, 11) is 1.29. The number of ether oxygens (including phenoxy) is 6. The van der Waals surface area contributed by atoms with Gasteiger partial charge in [-0.25, -0.2) is 0 Å². The van der Waals surface area contributed by atoms with Crippen molar-refractivity contribution in [3.63, 3.8) is 0 Å². The molecule has 5 aliphatic rings. The van der Waals surface area contributed by atoms with Gasteiger partial charge < -0.3 is 64.2 Å². The fourth-order valence-electron chi connectivity index (χ4n) is 8.46. The fourth-order valence-corrected chi connectivity index (χ4v) is 8.46. The summed E-state index contributed by atoms with van der Waals surface area (Å²) in [6.07, 6.45) is -7.30. The summed E-state index contributed by atoms with van der Waals surface area (Å²) < 4.78 is 36.5. The van der Waals surface area contributed by atoms with Crippen molar-refractivity contribution >= 4 is 17.8 Å². The number of rotatable bonds is 13. The number of nitrogens with zero attached hydrogens (tertiary/aromatic N) is 1. The Kier molecular flexibility index (Phi) is 14.7. The summed E-state index contributed by atoms with van der Waals surface area (Å²) in [6.45, 7) is 5.32. The van der Waals surface area contributed by atoms with Crippen LogP contribution >= 0.6 is 0 Å². The third-order valence-electron chi connectivity index (χ3n) is 11.7. The highest BCUT2D eigenvalue weighted by Crippen LogP contribution is 2.40. The van der Waals surface area contributed by atoms with Gasteiger partial charge >= 0.3 is 5.97 Å². The third kappa shape index (κ3) is 9.44. The van der Waals surface area contributed by atoms with Gasteiger partial charge in [-0.05, 0) is 44.4 Å². The van der Waals surface area contributed by atoms with Gasteiger partial charge in [0.1, 0.15) is 48.8 Å². The normalized spacial score (nSPS) is 40.8. The highest BCUT2D eigenvalue weighted by Gasteiger charge is 2.53. The Hall–Kier alpha value is -1.99. The number of esters is 1. The number of methoxy groups -OCH3 is 1. The molecule has 0 aromatic rings. The Bertz CT molecular complexity index is 1190. The average Bonchev–Trinajstić information content (AvgIpc) is 3.11. The van der Waals surface area contributed by atoms with Crippen molar-refractivity contribution in [2.45, 2.75) is 165 Å². The summed E-state index contributed by atoms with van der Waals surface area (Å²) in [6, 6.07) is -1.17. The summed E-state index contributed by atoms with van der Waals surface area (Å²) in [5.74, 6) is -1.85. The Labute approximate surface area is 305 Å². The molecule has 0 bridgehead atoms. The van der Waals surface area contributed by atoms with Crippen LogP contribution in [0, 0.1) is 17.8 Å². The van der Waals surface area contributed by atoms with Crippen molar-refractivity contribution in [3.8, 4) is 0 Å². The quantitative estimate of drug-likeness (QED) is 0.134. The van der Waals surface area contributed by atoms with Crippen molar-refractivity contribution in [2.24, 2.45) is 17.8 Å². The Balaban J connectivity index is 1.45. The van der Waals surface area contributed by atoms with Gasteiger partial charge in [0.15, 0.2) is 12.6 Å². The van der Waals surface area contributed by atoms with Crippen LogP contribution in [0.3, 0.4) is 0 Å². The van der Waals surface area contributed by atoms with E-state index >= 15 is 0 Å². The number of aliphatic hydroxyl groups excluding tert-OH is 5. The minimum absolute atomic E-state index is 0.0691. The SMILES string of the molecule is CC[C@@H]1CC(C(=O)OC)CC(O[C@@H]2O[C@@H](CO)C(O)C(O[C@@H](CC3CCCCC3)C(=O)N3CCC3)C2NC(C)=O)C1OC1OC(C)C(O)C(O)C1O. The van der Waals surface area contributed by atoms with E-state index in [0.717, 1.165) is 38.5 Å². The van der Waals surface area contributed by atoms with Gasteiger partial charge in [0, 0.05) is 20.0 Å². The summed E-state index contributed by atoms with van der Waals surface area (Å²) in [5, 5.41) is 56.3. The topological polar surface area (TPSA) is 223 Å². The molecule has 2 aliphatic carbocycles. The lowest BCUT2D eigenvalue weighted by molar-refractivity contribution is -0.338. The molecule has 6 N–H and O–H groups in total. The molecule has 0 aromatic heterocycles. The van der Waals surface area contributed by atoms with Crippen LogP contribution in [0.2, 0.25) is 0 Å². The number of nitrogens with one attached hydrogen (secondary N) is 1. The zero-order valence-corrected chi connectivity index (χ0v) is 30.8. The predicted molar refractivity (Wildman–Crippen MR) is 181 cm³/mol. The Morgan fingerprint density at radius 1 is 0.885 bits per heavy atom. The molecule has 0 spiro atoms. The predicted octanol–water partition coefficient (Wildman–Crippen LogP) is -0.267. The summed E-state index contributed by atoms with van der Waals surface area (Å²) >= 11 is 0. The van der Waals surface area contributed by atoms with E-state index in [4.69, 9.17) is 28.4 Å². The smallest absolute Gasteiger partial charge is 0.308 e. The van der Waals surface area contributed by atoms with E-state index in [0.29, 0.717) is 32.4 Å². The average molecular weight is 745 g/mol. The fraction of sp³-hybridized carbons (Fsp3) is 0.917. The molecular formula is C36H60N2O14. The van der Waals surface area contributed by atoms with E-state index in [1.165, 1.54) is 21.0 Å². The lowest BCUT2D eigenvalue weighted by Crippen LogP contribution is -2.67. The van der Waals surface area contributed by atoms with Gasteiger partial charge in [-0.1, -0.05) is 45.4 Å². The van der Waals surface area contributed by atoms with Crippen LogP contribution in [0.4, 0.5) is 0 Å². The Morgan fingerprint density at radius 3 is 2.19 bits per heavy atom. The highest BCUT2D eigenvalue weighted by atomic mass is 16.7. The molecule has 16 heteroatoms. The number of amides is 2. The van der Waals surface area contributed by atoms with Crippen molar-refractivity contribution in [2.75, 3.05) is 26.8 Å².